The predicted molar refractivity (Wildman–Crippen MR) is 50.7 cm³/mol. The number of aliphatic imine (C=N–C) groups is 1. The Balaban J connectivity index is 2.44. The molecule has 0 saturated carbocycles. The van der Waals surface area contributed by atoms with E-state index in [0.717, 1.165) is 5.56 Å². The fourth-order valence-electron chi connectivity index (χ4n) is 0.862. The molecule has 0 N–H and O–H groups in total. The molecule has 0 bridgehead atoms. The van der Waals surface area contributed by atoms with Crippen LogP contribution in [0.4, 0.5) is 0 Å². The van der Waals surface area contributed by atoms with Crippen LogP contribution in [0.2, 0.25) is 0 Å². The van der Waals surface area contributed by atoms with Crippen LogP contribution < -0.4 is 0 Å². The van der Waals surface area contributed by atoms with Crippen molar-refractivity contribution >= 4 is 12.2 Å². The van der Waals surface area contributed by atoms with E-state index >= 15 is 0 Å². The van der Waals surface area contributed by atoms with Gasteiger partial charge in [-0.2, -0.15) is 0 Å². The van der Waals surface area contributed by atoms with E-state index in [1.165, 1.54) is 13.3 Å². The molecular formula is C10H11NO2. The Morgan fingerprint density at radius 1 is 1.46 bits per heavy atom. The van der Waals surface area contributed by atoms with Gasteiger partial charge in [0.25, 0.3) is 0 Å². The quantitative estimate of drug-likeness (QED) is 0.399. The standard InChI is InChI=1S/C10H11NO2/c1-13-10(12)8-11-7-9-5-3-2-4-6-9/h2-6,8H,7H2,1H3/i11+1. The van der Waals surface area contributed by atoms with Crippen molar-refractivity contribution in [3.8, 4) is 0 Å². The molecule has 0 fully saturated rings. The molecule has 0 aromatic heterocycles. The van der Waals surface area contributed by atoms with Gasteiger partial charge in [0, 0.05) is 0 Å². The predicted octanol–water partition coefficient (Wildman–Crippen LogP) is 1.43. The van der Waals surface area contributed by atoms with Crippen molar-refractivity contribution in [3.05, 3.63) is 35.9 Å². The number of esters is 1. The molecule has 3 heteroatoms. The second kappa shape index (κ2) is 5.09. The van der Waals surface area contributed by atoms with Gasteiger partial charge < -0.3 is 4.74 Å². The molecule has 13 heavy (non-hydrogen) atoms. The van der Waals surface area contributed by atoms with Crippen LogP contribution >= 0.6 is 0 Å². The Hall–Kier alpha value is -1.64. The largest absolute Gasteiger partial charge is 0.465 e. The summed E-state index contributed by atoms with van der Waals surface area (Å²) in [5, 5.41) is 0. The lowest BCUT2D eigenvalue weighted by Crippen LogP contribution is -2.00. The SMILES string of the molecule is COC(=O)C=[15N]Cc1ccccc1. The highest BCUT2D eigenvalue weighted by atomic mass is 16.5. The van der Waals surface area contributed by atoms with Gasteiger partial charge in [-0.1, -0.05) is 30.3 Å². The number of ether oxygens (including phenoxy) is 1. The van der Waals surface area contributed by atoms with Crippen molar-refractivity contribution in [1.29, 1.82) is 0 Å². The topological polar surface area (TPSA) is 38.7 Å². The van der Waals surface area contributed by atoms with E-state index in [9.17, 15) is 4.79 Å². The summed E-state index contributed by atoms with van der Waals surface area (Å²) in [6.07, 6.45) is 1.19. The molecule has 0 amide bonds. The molecule has 3 nitrogen and oxygen atoms in total. The molecular weight excluding hydrogens is 167 g/mol. The number of carbonyl (C=O) groups excluding carboxylic acids is 1. The fraction of sp³-hybridized carbons (Fsp3) is 0.200. The Morgan fingerprint density at radius 2 is 2.15 bits per heavy atom. The van der Waals surface area contributed by atoms with E-state index in [-0.39, 0.29) is 0 Å². The molecule has 0 aliphatic heterocycles. The van der Waals surface area contributed by atoms with Gasteiger partial charge in [0.1, 0.15) is 6.21 Å². The zero-order valence-corrected chi connectivity index (χ0v) is 7.43. The first-order valence-electron chi connectivity index (χ1n) is 3.94. The number of rotatable bonds is 3. The summed E-state index contributed by atoms with van der Waals surface area (Å²) in [4.78, 5) is 14.5. The molecule has 0 aliphatic rings. The lowest BCUT2D eigenvalue weighted by Gasteiger charge is -1.93. The van der Waals surface area contributed by atoms with Gasteiger partial charge in [-0.25, -0.2) is 4.79 Å². The van der Waals surface area contributed by atoms with E-state index in [1.54, 1.807) is 0 Å². The monoisotopic (exact) mass is 178 g/mol. The maximum atomic E-state index is 10.6. The number of hydrogen-bond acceptors (Lipinski definition) is 3. The second-order valence-electron chi connectivity index (χ2n) is 2.48. The summed E-state index contributed by atoms with van der Waals surface area (Å²) >= 11 is 0. The van der Waals surface area contributed by atoms with Gasteiger partial charge >= 0.3 is 5.97 Å². The highest BCUT2D eigenvalue weighted by molar-refractivity contribution is 6.23. The van der Waals surface area contributed by atoms with E-state index in [2.05, 4.69) is 9.73 Å². The summed E-state index contributed by atoms with van der Waals surface area (Å²) in [5.74, 6) is -0.420. The highest BCUT2D eigenvalue weighted by Crippen LogP contribution is 1.99. The second-order valence-corrected chi connectivity index (χ2v) is 2.48. The molecule has 1 aromatic rings. The van der Waals surface area contributed by atoms with Crippen LogP contribution in [-0.2, 0) is 16.1 Å². The zero-order chi connectivity index (χ0) is 9.52. The Morgan fingerprint density at radius 3 is 2.77 bits per heavy atom. The molecule has 0 atom stereocenters. The minimum atomic E-state index is -0.420. The zero-order valence-electron chi connectivity index (χ0n) is 7.43. The Bertz CT molecular complexity index is 293. The van der Waals surface area contributed by atoms with Crippen molar-refractivity contribution in [3.63, 3.8) is 0 Å². The fourth-order valence-corrected chi connectivity index (χ4v) is 0.862. The van der Waals surface area contributed by atoms with Gasteiger partial charge in [0.05, 0.1) is 13.7 Å². The molecule has 0 heterocycles. The lowest BCUT2D eigenvalue weighted by molar-refractivity contribution is -0.132. The first kappa shape index (κ1) is 9.45. The minimum Gasteiger partial charge on any atom is -0.465 e. The summed E-state index contributed by atoms with van der Waals surface area (Å²) in [6, 6.07) is 9.71. The Kier molecular flexibility index (Phi) is 3.70. The van der Waals surface area contributed by atoms with Crippen LogP contribution in [0.1, 0.15) is 5.56 Å². The summed E-state index contributed by atoms with van der Waals surface area (Å²) in [5.41, 5.74) is 1.07. The maximum Gasteiger partial charge on any atom is 0.348 e. The van der Waals surface area contributed by atoms with Crippen LogP contribution in [0.25, 0.3) is 0 Å². The van der Waals surface area contributed by atoms with Crippen LogP contribution in [0.15, 0.2) is 35.3 Å². The van der Waals surface area contributed by atoms with Gasteiger partial charge in [-0.05, 0) is 5.56 Å². The van der Waals surface area contributed by atoms with Crippen LogP contribution in [0, 0.1) is 0 Å². The molecule has 0 radical (unpaired) electrons. The number of nitrogens with zero attached hydrogens (tertiary/aromatic N) is 1. The molecule has 0 aliphatic carbocycles. The van der Waals surface area contributed by atoms with Crippen LogP contribution in [0.5, 0.6) is 0 Å². The molecule has 68 valence electrons. The summed E-state index contributed by atoms with van der Waals surface area (Å²) < 4.78 is 4.40. The molecule has 0 saturated heterocycles. The van der Waals surface area contributed by atoms with Crippen molar-refractivity contribution in [2.75, 3.05) is 7.11 Å². The van der Waals surface area contributed by atoms with Crippen molar-refractivity contribution < 1.29 is 9.53 Å². The lowest BCUT2D eigenvalue weighted by atomic mass is 10.2. The molecule has 1 aromatic carbocycles. The maximum absolute atomic E-state index is 10.6. The normalized spacial score (nSPS) is 10.2. The molecule has 1 rings (SSSR count). The average Bonchev–Trinajstić information content (AvgIpc) is 2.19. The number of carbonyl (C=O) groups is 1. The van der Waals surface area contributed by atoms with E-state index in [0.29, 0.717) is 6.54 Å². The smallest absolute Gasteiger partial charge is 0.348 e. The highest BCUT2D eigenvalue weighted by Gasteiger charge is 1.91. The number of hydrogen-bond donors (Lipinski definition) is 0. The third-order valence-corrected chi connectivity index (χ3v) is 1.51. The molecule has 0 spiro atoms. The van der Waals surface area contributed by atoms with Crippen molar-refractivity contribution in [2.45, 2.75) is 6.54 Å². The number of methoxy groups -OCH3 is 1. The molecule has 0 unspecified atom stereocenters. The van der Waals surface area contributed by atoms with Crippen LogP contribution in [0.3, 0.4) is 0 Å². The third kappa shape index (κ3) is 3.51. The minimum absolute atomic E-state index is 0.420. The van der Waals surface area contributed by atoms with Crippen LogP contribution in [-0.4, -0.2) is 19.3 Å². The first-order valence-corrected chi connectivity index (χ1v) is 3.94. The van der Waals surface area contributed by atoms with Gasteiger partial charge in [0.2, 0.25) is 0 Å². The average molecular weight is 178 g/mol. The van der Waals surface area contributed by atoms with E-state index in [4.69, 9.17) is 0 Å². The number of benzene rings is 1. The van der Waals surface area contributed by atoms with Crippen molar-refractivity contribution in [2.24, 2.45) is 4.99 Å². The first-order chi connectivity index (χ1) is 6.33. The van der Waals surface area contributed by atoms with E-state index < -0.39 is 5.97 Å². The Labute approximate surface area is 77.1 Å². The van der Waals surface area contributed by atoms with E-state index in [1.807, 2.05) is 30.3 Å². The van der Waals surface area contributed by atoms with Crippen molar-refractivity contribution in [1.82, 2.24) is 0 Å². The van der Waals surface area contributed by atoms with Gasteiger partial charge in [0.15, 0.2) is 0 Å². The van der Waals surface area contributed by atoms with Gasteiger partial charge in [-0.3, -0.25) is 4.99 Å². The van der Waals surface area contributed by atoms with Gasteiger partial charge in [-0.15, -0.1) is 0 Å². The third-order valence-electron chi connectivity index (χ3n) is 1.51. The summed E-state index contributed by atoms with van der Waals surface area (Å²) in [7, 11) is 1.33. The summed E-state index contributed by atoms with van der Waals surface area (Å²) in [6.45, 7) is 0.510.